The van der Waals surface area contributed by atoms with E-state index in [2.05, 4.69) is 0 Å². The van der Waals surface area contributed by atoms with Gasteiger partial charge in [0.15, 0.2) is 0 Å². The van der Waals surface area contributed by atoms with E-state index in [4.69, 9.17) is 4.74 Å². The molecular formula is C16H22N2O3. The van der Waals surface area contributed by atoms with Crippen LogP contribution in [0, 0.1) is 0 Å². The van der Waals surface area contributed by atoms with E-state index in [9.17, 15) is 9.59 Å². The van der Waals surface area contributed by atoms with Crippen LogP contribution in [0.3, 0.4) is 0 Å². The molecule has 0 bridgehead atoms. The Balaban J connectivity index is 2.22. The van der Waals surface area contributed by atoms with Gasteiger partial charge in [-0.05, 0) is 18.4 Å². The van der Waals surface area contributed by atoms with Crippen LogP contribution < -0.4 is 0 Å². The zero-order valence-electron chi connectivity index (χ0n) is 12.8. The predicted molar refractivity (Wildman–Crippen MR) is 79.5 cm³/mol. The summed E-state index contributed by atoms with van der Waals surface area (Å²) in [4.78, 5) is 27.8. The number of nitrogens with zero attached hydrogens (tertiary/aromatic N) is 2. The smallest absolute Gasteiger partial charge is 0.323 e. The number of hydrogen-bond acceptors (Lipinski definition) is 4. The number of carbonyl (C=O) groups is 2. The molecule has 2 rings (SSSR count). The maximum Gasteiger partial charge on any atom is 0.323 e. The molecule has 5 nitrogen and oxygen atoms in total. The van der Waals surface area contributed by atoms with Gasteiger partial charge in [-0.2, -0.15) is 0 Å². The lowest BCUT2D eigenvalue weighted by Gasteiger charge is -2.29. The number of amides is 1. The number of esters is 1. The fourth-order valence-corrected chi connectivity index (χ4v) is 2.83. The summed E-state index contributed by atoms with van der Waals surface area (Å²) in [5, 5.41) is 0. The Bertz CT molecular complexity index is 502. The SMILES string of the molecule is COC(=O)[C@@H]1CC[C@@H](C(=O)N(C)C)N1Cc1ccccc1. The maximum atomic E-state index is 12.3. The molecule has 1 saturated heterocycles. The summed E-state index contributed by atoms with van der Waals surface area (Å²) in [6, 6.07) is 9.28. The van der Waals surface area contributed by atoms with Crippen LogP contribution in [0.1, 0.15) is 18.4 Å². The van der Waals surface area contributed by atoms with E-state index in [1.54, 1.807) is 19.0 Å². The van der Waals surface area contributed by atoms with Gasteiger partial charge >= 0.3 is 5.97 Å². The predicted octanol–water partition coefficient (Wildman–Crippen LogP) is 1.28. The van der Waals surface area contributed by atoms with Crippen LogP contribution in [0.2, 0.25) is 0 Å². The van der Waals surface area contributed by atoms with E-state index in [0.29, 0.717) is 19.4 Å². The summed E-state index contributed by atoms with van der Waals surface area (Å²) in [5.41, 5.74) is 1.09. The Morgan fingerprint density at radius 2 is 1.81 bits per heavy atom. The van der Waals surface area contributed by atoms with E-state index in [-0.39, 0.29) is 24.0 Å². The van der Waals surface area contributed by atoms with Crippen molar-refractivity contribution in [2.45, 2.75) is 31.5 Å². The van der Waals surface area contributed by atoms with Gasteiger partial charge in [0.1, 0.15) is 6.04 Å². The molecule has 1 aliphatic heterocycles. The fourth-order valence-electron chi connectivity index (χ4n) is 2.83. The summed E-state index contributed by atoms with van der Waals surface area (Å²) in [6.45, 7) is 0.574. The van der Waals surface area contributed by atoms with Crippen molar-refractivity contribution < 1.29 is 14.3 Å². The van der Waals surface area contributed by atoms with Crippen LogP contribution in [-0.2, 0) is 20.9 Å². The molecule has 0 N–H and O–H groups in total. The third kappa shape index (κ3) is 3.42. The second kappa shape index (κ2) is 6.72. The molecule has 1 aromatic carbocycles. The van der Waals surface area contributed by atoms with Crippen LogP contribution in [0.25, 0.3) is 0 Å². The second-order valence-electron chi connectivity index (χ2n) is 5.52. The van der Waals surface area contributed by atoms with Crippen molar-refractivity contribution in [1.82, 2.24) is 9.80 Å². The molecule has 21 heavy (non-hydrogen) atoms. The molecule has 0 spiro atoms. The minimum Gasteiger partial charge on any atom is -0.468 e. The van der Waals surface area contributed by atoms with Gasteiger partial charge in [-0.15, -0.1) is 0 Å². The normalized spacial score (nSPS) is 22.0. The number of hydrogen-bond donors (Lipinski definition) is 0. The third-order valence-corrected chi connectivity index (χ3v) is 3.92. The lowest BCUT2D eigenvalue weighted by molar-refractivity contribution is -0.147. The first kappa shape index (κ1) is 15.5. The molecule has 1 aromatic rings. The average Bonchev–Trinajstić information content (AvgIpc) is 2.90. The summed E-state index contributed by atoms with van der Waals surface area (Å²) < 4.78 is 4.89. The molecule has 1 heterocycles. The first-order valence-corrected chi connectivity index (χ1v) is 7.13. The highest BCUT2D eigenvalue weighted by Gasteiger charge is 2.42. The standard InChI is InChI=1S/C16H22N2O3/c1-17(2)15(19)13-9-10-14(16(20)21-3)18(13)11-12-7-5-4-6-8-12/h4-8,13-14H,9-11H2,1-3H3/t13-,14-/m0/s1. The summed E-state index contributed by atoms with van der Waals surface area (Å²) in [6.07, 6.45) is 1.34. The zero-order chi connectivity index (χ0) is 15.4. The Labute approximate surface area is 125 Å². The van der Waals surface area contributed by atoms with Crippen molar-refractivity contribution in [3.8, 4) is 0 Å². The quantitative estimate of drug-likeness (QED) is 0.784. The molecule has 114 valence electrons. The van der Waals surface area contributed by atoms with Crippen molar-refractivity contribution in [2.24, 2.45) is 0 Å². The Kier molecular flexibility index (Phi) is 4.96. The second-order valence-corrected chi connectivity index (χ2v) is 5.52. The van der Waals surface area contributed by atoms with Crippen LogP contribution >= 0.6 is 0 Å². The lowest BCUT2D eigenvalue weighted by atomic mass is 10.1. The van der Waals surface area contributed by atoms with E-state index < -0.39 is 0 Å². The van der Waals surface area contributed by atoms with Crippen molar-refractivity contribution in [3.63, 3.8) is 0 Å². The molecule has 0 unspecified atom stereocenters. The topological polar surface area (TPSA) is 49.9 Å². The Morgan fingerprint density at radius 1 is 1.19 bits per heavy atom. The minimum absolute atomic E-state index is 0.0392. The van der Waals surface area contributed by atoms with E-state index in [1.807, 2.05) is 35.2 Å². The van der Waals surface area contributed by atoms with Gasteiger partial charge in [0.25, 0.3) is 0 Å². The summed E-state index contributed by atoms with van der Waals surface area (Å²) in [5.74, 6) is -0.225. The molecule has 1 amide bonds. The van der Waals surface area contributed by atoms with Crippen molar-refractivity contribution in [3.05, 3.63) is 35.9 Å². The number of likely N-dealkylation sites (N-methyl/N-ethyl adjacent to an activating group) is 1. The van der Waals surface area contributed by atoms with Gasteiger partial charge in [-0.3, -0.25) is 14.5 Å². The van der Waals surface area contributed by atoms with Crippen molar-refractivity contribution in [1.29, 1.82) is 0 Å². The highest BCUT2D eigenvalue weighted by molar-refractivity contribution is 5.84. The molecule has 0 aliphatic carbocycles. The summed E-state index contributed by atoms with van der Waals surface area (Å²) >= 11 is 0. The first-order chi connectivity index (χ1) is 10.0. The number of methoxy groups -OCH3 is 1. The van der Waals surface area contributed by atoms with E-state index in [1.165, 1.54) is 7.11 Å². The molecule has 0 aromatic heterocycles. The van der Waals surface area contributed by atoms with Gasteiger partial charge < -0.3 is 9.64 Å². The largest absolute Gasteiger partial charge is 0.468 e. The van der Waals surface area contributed by atoms with Crippen LogP contribution in [0.15, 0.2) is 30.3 Å². The molecule has 0 saturated carbocycles. The van der Waals surface area contributed by atoms with Crippen LogP contribution in [0.4, 0.5) is 0 Å². The first-order valence-electron chi connectivity index (χ1n) is 7.13. The monoisotopic (exact) mass is 290 g/mol. The van der Waals surface area contributed by atoms with E-state index >= 15 is 0 Å². The number of carbonyl (C=O) groups excluding carboxylic acids is 2. The molecule has 2 atom stereocenters. The van der Waals surface area contributed by atoms with E-state index in [0.717, 1.165) is 5.56 Å². The van der Waals surface area contributed by atoms with Gasteiger partial charge in [-0.25, -0.2) is 0 Å². The molecule has 1 fully saturated rings. The summed E-state index contributed by atoms with van der Waals surface area (Å²) in [7, 11) is 4.88. The zero-order valence-corrected chi connectivity index (χ0v) is 12.8. The van der Waals surface area contributed by atoms with Gasteiger partial charge in [-0.1, -0.05) is 30.3 Å². The van der Waals surface area contributed by atoms with Gasteiger partial charge in [0.05, 0.1) is 13.2 Å². The molecular weight excluding hydrogens is 268 g/mol. The number of ether oxygens (including phenoxy) is 1. The highest BCUT2D eigenvalue weighted by Crippen LogP contribution is 2.28. The number of rotatable bonds is 4. The maximum absolute atomic E-state index is 12.3. The molecule has 0 radical (unpaired) electrons. The average molecular weight is 290 g/mol. The number of likely N-dealkylation sites (tertiary alicyclic amines) is 1. The number of benzene rings is 1. The highest BCUT2D eigenvalue weighted by atomic mass is 16.5. The van der Waals surface area contributed by atoms with Crippen LogP contribution in [-0.4, -0.2) is 55.0 Å². The molecule has 5 heteroatoms. The minimum atomic E-state index is -0.343. The Morgan fingerprint density at radius 3 is 2.38 bits per heavy atom. The fraction of sp³-hybridized carbons (Fsp3) is 0.500. The third-order valence-electron chi connectivity index (χ3n) is 3.92. The van der Waals surface area contributed by atoms with Gasteiger partial charge in [0.2, 0.25) is 5.91 Å². The van der Waals surface area contributed by atoms with Crippen LogP contribution in [0.5, 0.6) is 0 Å². The molecule has 1 aliphatic rings. The van der Waals surface area contributed by atoms with Gasteiger partial charge in [0, 0.05) is 20.6 Å². The Hall–Kier alpha value is -1.88. The van der Waals surface area contributed by atoms with Crippen molar-refractivity contribution in [2.75, 3.05) is 21.2 Å². The lowest BCUT2D eigenvalue weighted by Crippen LogP contribution is -2.47. The van der Waals surface area contributed by atoms with Crippen molar-refractivity contribution >= 4 is 11.9 Å².